The molecule has 1 aliphatic heterocycles. The van der Waals surface area contributed by atoms with Crippen LogP contribution in [0, 0.1) is 0 Å². The number of ketones is 1. The summed E-state index contributed by atoms with van der Waals surface area (Å²) < 4.78 is 38.6. The Morgan fingerprint density at radius 2 is 1.84 bits per heavy atom. The van der Waals surface area contributed by atoms with Gasteiger partial charge in [-0.25, -0.2) is 8.42 Å². The average Bonchev–Trinajstić information content (AvgIpc) is 3.27. The molecule has 0 unspecified atom stereocenters. The predicted octanol–water partition coefficient (Wildman–Crippen LogP) is 4.25. The summed E-state index contributed by atoms with van der Waals surface area (Å²) in [6.45, 7) is 0.128. The molecule has 3 aromatic rings. The van der Waals surface area contributed by atoms with Crippen molar-refractivity contribution in [2.75, 3.05) is 23.8 Å². The smallest absolute Gasteiger partial charge is 0.270 e. The molecule has 160 valence electrons. The van der Waals surface area contributed by atoms with E-state index in [1.54, 1.807) is 29.6 Å². The second-order valence-electron chi connectivity index (χ2n) is 6.68. The molecule has 2 heterocycles. The van der Waals surface area contributed by atoms with Crippen LogP contribution in [0.25, 0.3) is 0 Å². The quantitative estimate of drug-likeness (QED) is 0.558. The maximum absolute atomic E-state index is 13.4. The lowest BCUT2D eigenvalue weighted by Crippen LogP contribution is -2.38. The van der Waals surface area contributed by atoms with Gasteiger partial charge in [-0.2, -0.15) is 0 Å². The molecular formula is C22H20N2O5S2. The predicted molar refractivity (Wildman–Crippen MR) is 121 cm³/mol. The van der Waals surface area contributed by atoms with Crippen LogP contribution in [-0.2, 0) is 16.6 Å². The number of rotatable bonds is 6. The fourth-order valence-electron chi connectivity index (χ4n) is 3.27. The van der Waals surface area contributed by atoms with Gasteiger partial charge in [0, 0.05) is 12.3 Å². The number of thiophene rings is 1. The molecule has 1 aliphatic rings. The second kappa shape index (κ2) is 8.44. The maximum atomic E-state index is 13.4. The second-order valence-corrected chi connectivity index (χ2v) is 9.43. The van der Waals surface area contributed by atoms with Gasteiger partial charge >= 0.3 is 0 Å². The van der Waals surface area contributed by atoms with E-state index in [0.717, 1.165) is 5.56 Å². The van der Waals surface area contributed by atoms with Crippen molar-refractivity contribution < 1.29 is 22.7 Å². The Hall–Kier alpha value is -3.30. The minimum atomic E-state index is -4.07. The molecule has 0 fully saturated rings. The standard InChI is InChI=1S/C22H20N2O5S2/c1-28-16-8-9-17(19(12-16)29-2)23-13-20-21(25)22-18(10-11-30-22)24(31(20,26)27)14-15-6-4-3-5-7-15/h3-13,23H,14H2,1-2H3. The lowest BCUT2D eigenvalue weighted by Gasteiger charge is -2.29. The molecule has 0 radical (unpaired) electrons. The Morgan fingerprint density at radius 3 is 2.55 bits per heavy atom. The van der Waals surface area contributed by atoms with Crippen LogP contribution in [0.15, 0.2) is 71.1 Å². The lowest BCUT2D eigenvalue weighted by molar-refractivity contribution is 0.104. The number of ether oxygens (including phenoxy) is 2. The van der Waals surface area contributed by atoms with E-state index in [-0.39, 0.29) is 11.4 Å². The largest absolute Gasteiger partial charge is 0.497 e. The van der Waals surface area contributed by atoms with Crippen LogP contribution in [-0.4, -0.2) is 28.4 Å². The number of allylic oxidation sites excluding steroid dienone is 1. The van der Waals surface area contributed by atoms with Gasteiger partial charge in [0.15, 0.2) is 4.91 Å². The molecule has 0 saturated carbocycles. The fraction of sp³-hybridized carbons (Fsp3) is 0.136. The van der Waals surface area contributed by atoms with E-state index in [2.05, 4.69) is 5.32 Å². The summed E-state index contributed by atoms with van der Waals surface area (Å²) in [6, 6.07) is 16.0. The van der Waals surface area contributed by atoms with Crippen molar-refractivity contribution in [3.8, 4) is 11.5 Å². The number of methoxy groups -OCH3 is 2. The van der Waals surface area contributed by atoms with Gasteiger partial charge in [0.1, 0.15) is 16.4 Å². The molecule has 0 spiro atoms. The molecular weight excluding hydrogens is 436 g/mol. The molecule has 1 N–H and O–H groups in total. The van der Waals surface area contributed by atoms with Crippen molar-refractivity contribution in [2.45, 2.75) is 6.54 Å². The molecule has 0 amide bonds. The van der Waals surface area contributed by atoms with Crippen molar-refractivity contribution >= 4 is 38.5 Å². The number of fused-ring (bicyclic) bond motifs is 1. The third-order valence-electron chi connectivity index (χ3n) is 4.85. The van der Waals surface area contributed by atoms with Crippen molar-refractivity contribution in [2.24, 2.45) is 0 Å². The summed E-state index contributed by atoms with van der Waals surface area (Å²) in [5.74, 6) is 0.512. The number of carbonyl (C=O) groups excluding carboxylic acids is 1. The molecule has 0 atom stereocenters. The van der Waals surface area contributed by atoms with E-state index in [9.17, 15) is 13.2 Å². The number of sulfonamides is 1. The molecule has 9 heteroatoms. The summed E-state index contributed by atoms with van der Waals surface area (Å²) in [6.07, 6.45) is 1.22. The highest BCUT2D eigenvalue weighted by Crippen LogP contribution is 2.39. The molecule has 7 nitrogen and oxygen atoms in total. The van der Waals surface area contributed by atoms with Crippen molar-refractivity contribution in [1.82, 2.24) is 0 Å². The first kappa shape index (κ1) is 21.0. The number of hydrogen-bond donors (Lipinski definition) is 1. The maximum Gasteiger partial charge on any atom is 0.270 e. The van der Waals surface area contributed by atoms with Gasteiger partial charge in [0.2, 0.25) is 5.78 Å². The number of nitrogens with zero attached hydrogens (tertiary/aromatic N) is 1. The average molecular weight is 457 g/mol. The van der Waals surface area contributed by atoms with Gasteiger partial charge in [0.25, 0.3) is 10.0 Å². The molecule has 4 rings (SSSR count). The normalized spacial score (nSPS) is 16.1. The van der Waals surface area contributed by atoms with Crippen LogP contribution >= 0.6 is 11.3 Å². The summed E-state index contributed by atoms with van der Waals surface area (Å²) in [4.78, 5) is 13.1. The third kappa shape index (κ3) is 3.89. The lowest BCUT2D eigenvalue weighted by atomic mass is 10.2. The van der Waals surface area contributed by atoms with Crippen LogP contribution in [0.4, 0.5) is 11.4 Å². The summed E-state index contributed by atoms with van der Waals surface area (Å²) in [5.41, 5.74) is 1.73. The topological polar surface area (TPSA) is 84.9 Å². The van der Waals surface area contributed by atoms with Gasteiger partial charge in [-0.05, 0) is 29.1 Å². The minimum Gasteiger partial charge on any atom is -0.497 e. The van der Waals surface area contributed by atoms with Crippen LogP contribution < -0.4 is 19.1 Å². The van der Waals surface area contributed by atoms with E-state index < -0.39 is 15.8 Å². The first-order valence-electron chi connectivity index (χ1n) is 9.33. The molecule has 31 heavy (non-hydrogen) atoms. The van der Waals surface area contributed by atoms with Crippen LogP contribution in [0.5, 0.6) is 11.5 Å². The van der Waals surface area contributed by atoms with E-state index in [1.165, 1.54) is 36.1 Å². The summed E-state index contributed by atoms with van der Waals surface area (Å²) in [5, 5.41) is 4.64. The van der Waals surface area contributed by atoms with Crippen molar-refractivity contribution in [3.63, 3.8) is 0 Å². The first-order valence-corrected chi connectivity index (χ1v) is 11.6. The van der Waals surface area contributed by atoms with Crippen molar-refractivity contribution in [3.05, 3.63) is 81.5 Å². The third-order valence-corrected chi connectivity index (χ3v) is 7.52. The molecule has 0 saturated heterocycles. The summed E-state index contributed by atoms with van der Waals surface area (Å²) >= 11 is 1.22. The van der Waals surface area contributed by atoms with Gasteiger partial charge in [0.05, 0.1) is 32.1 Å². The zero-order chi connectivity index (χ0) is 22.0. The van der Waals surface area contributed by atoms with E-state index in [0.29, 0.717) is 27.8 Å². The highest BCUT2D eigenvalue weighted by Gasteiger charge is 2.41. The van der Waals surface area contributed by atoms with E-state index in [1.807, 2.05) is 30.3 Å². The van der Waals surface area contributed by atoms with Crippen molar-refractivity contribution in [1.29, 1.82) is 0 Å². The molecule has 2 aromatic carbocycles. The first-order chi connectivity index (χ1) is 15.0. The Labute approximate surface area is 184 Å². The summed E-state index contributed by atoms with van der Waals surface area (Å²) in [7, 11) is -1.04. The number of hydrogen-bond acceptors (Lipinski definition) is 7. The number of carbonyl (C=O) groups is 1. The van der Waals surface area contributed by atoms with Gasteiger partial charge in [-0.3, -0.25) is 9.10 Å². The van der Waals surface area contributed by atoms with Gasteiger partial charge < -0.3 is 14.8 Å². The van der Waals surface area contributed by atoms with Gasteiger partial charge in [-0.1, -0.05) is 30.3 Å². The molecule has 1 aromatic heterocycles. The van der Waals surface area contributed by atoms with Gasteiger partial charge in [-0.15, -0.1) is 11.3 Å². The van der Waals surface area contributed by atoms with E-state index in [4.69, 9.17) is 9.47 Å². The zero-order valence-corrected chi connectivity index (χ0v) is 18.5. The monoisotopic (exact) mass is 456 g/mol. The minimum absolute atomic E-state index is 0.128. The Morgan fingerprint density at radius 1 is 1.06 bits per heavy atom. The molecule has 0 aliphatic carbocycles. The highest BCUT2D eigenvalue weighted by molar-refractivity contribution is 7.97. The number of Topliss-reactive ketones (excluding diaryl/α,β-unsaturated/α-hetero) is 1. The van der Waals surface area contributed by atoms with Crippen LogP contribution in [0.3, 0.4) is 0 Å². The highest BCUT2D eigenvalue weighted by atomic mass is 32.2. The van der Waals surface area contributed by atoms with Crippen LogP contribution in [0.2, 0.25) is 0 Å². The fourth-order valence-corrected chi connectivity index (χ4v) is 5.75. The number of anilines is 2. The Kier molecular flexibility index (Phi) is 5.71. The van der Waals surface area contributed by atoms with Crippen LogP contribution in [0.1, 0.15) is 15.2 Å². The number of benzene rings is 2. The Balaban J connectivity index is 1.74. The SMILES string of the molecule is COc1ccc(NC=C2C(=O)c3sccc3N(Cc3ccccc3)S2(=O)=O)c(OC)c1. The Bertz CT molecular complexity index is 1250. The molecule has 0 bridgehead atoms. The van der Waals surface area contributed by atoms with E-state index >= 15 is 0 Å². The zero-order valence-electron chi connectivity index (χ0n) is 16.9. The number of nitrogens with one attached hydrogen (secondary N) is 1.